The summed E-state index contributed by atoms with van der Waals surface area (Å²) in [6.45, 7) is 1.75. The van der Waals surface area contributed by atoms with E-state index in [0.29, 0.717) is 6.42 Å². The lowest BCUT2D eigenvalue weighted by Gasteiger charge is -2.17. The highest BCUT2D eigenvalue weighted by atomic mass is 16.5. The minimum atomic E-state index is -1.13. The highest BCUT2D eigenvalue weighted by Gasteiger charge is 2.29. The van der Waals surface area contributed by atoms with E-state index < -0.39 is 24.5 Å². The molecule has 4 rings (SSSR count). The summed E-state index contributed by atoms with van der Waals surface area (Å²) in [5.74, 6) is -2.15. The van der Waals surface area contributed by atoms with Gasteiger partial charge in [-0.2, -0.15) is 4.98 Å². The molecule has 3 N–H and O–H groups in total. The molecule has 0 bridgehead atoms. The van der Waals surface area contributed by atoms with E-state index in [4.69, 9.17) is 9.84 Å². The van der Waals surface area contributed by atoms with Gasteiger partial charge in [-0.3, -0.25) is 20.0 Å². The molecule has 1 aromatic heterocycles. The number of aliphatic carboxylic acids is 1. The van der Waals surface area contributed by atoms with Crippen LogP contribution in [0.15, 0.2) is 48.5 Å². The summed E-state index contributed by atoms with van der Waals surface area (Å²) < 4.78 is 5.43. The van der Waals surface area contributed by atoms with E-state index in [2.05, 4.69) is 20.5 Å². The van der Waals surface area contributed by atoms with Gasteiger partial charge in [0.2, 0.25) is 5.82 Å². The number of carboxylic acid groups (broad SMARTS) is 1. The molecule has 0 unspecified atom stereocenters. The largest absolute Gasteiger partial charge is 0.480 e. The number of carboxylic acids is 1. The van der Waals surface area contributed by atoms with E-state index in [1.54, 1.807) is 0 Å². The van der Waals surface area contributed by atoms with E-state index in [1.807, 2.05) is 55.5 Å². The molecule has 33 heavy (non-hydrogen) atoms. The molecule has 3 aromatic rings. The number of benzene rings is 2. The van der Waals surface area contributed by atoms with Crippen LogP contribution in [-0.4, -0.2) is 62.9 Å². The van der Waals surface area contributed by atoms with Gasteiger partial charge in [-0.25, -0.2) is 4.79 Å². The van der Waals surface area contributed by atoms with Gasteiger partial charge in [-0.15, -0.1) is 5.10 Å². The number of fused-ring (bicyclic) bond motifs is 3. The number of ether oxygens (including phenoxy) is 1. The summed E-state index contributed by atoms with van der Waals surface area (Å²) in [7, 11) is 0. The standard InChI is InChI=1S/C23H23N5O5/c1-2-11-28(12-19(29)30)21(31)20-24-22(27-26-20)25-23(32)33-13-18-16-9-5-3-7-14(16)15-8-4-6-10-17(15)18/h3-10,18H,2,11-13H2,1H3,(H,29,30)(H2,24,25,26,27,32). The Labute approximate surface area is 189 Å². The zero-order valence-electron chi connectivity index (χ0n) is 17.9. The Bertz CT molecular complexity index is 1150. The molecule has 0 atom stereocenters. The Morgan fingerprint density at radius 1 is 1.09 bits per heavy atom. The number of aromatic amines is 1. The third-order valence-corrected chi connectivity index (χ3v) is 5.35. The number of anilines is 1. The molecule has 0 saturated carbocycles. The summed E-state index contributed by atoms with van der Waals surface area (Å²) in [6, 6.07) is 16.0. The number of carbonyl (C=O) groups excluding carboxylic acids is 2. The van der Waals surface area contributed by atoms with Crippen molar-refractivity contribution < 1.29 is 24.2 Å². The molecular weight excluding hydrogens is 426 g/mol. The van der Waals surface area contributed by atoms with Gasteiger partial charge in [0, 0.05) is 12.5 Å². The highest BCUT2D eigenvalue weighted by molar-refractivity contribution is 5.93. The second-order valence-electron chi connectivity index (χ2n) is 7.58. The van der Waals surface area contributed by atoms with Gasteiger partial charge < -0.3 is 14.7 Å². The van der Waals surface area contributed by atoms with Crippen molar-refractivity contribution in [1.82, 2.24) is 20.1 Å². The molecule has 2 amide bonds. The van der Waals surface area contributed by atoms with E-state index in [9.17, 15) is 14.4 Å². The number of nitrogens with one attached hydrogen (secondary N) is 2. The van der Waals surface area contributed by atoms with Crippen LogP contribution in [0.1, 0.15) is 41.0 Å². The number of carbonyl (C=O) groups is 3. The van der Waals surface area contributed by atoms with Crippen molar-refractivity contribution in [1.29, 1.82) is 0 Å². The Morgan fingerprint density at radius 3 is 2.33 bits per heavy atom. The zero-order chi connectivity index (χ0) is 23.4. The van der Waals surface area contributed by atoms with Crippen LogP contribution in [0.5, 0.6) is 0 Å². The highest BCUT2D eigenvalue weighted by Crippen LogP contribution is 2.44. The van der Waals surface area contributed by atoms with Crippen LogP contribution in [-0.2, 0) is 9.53 Å². The molecule has 0 radical (unpaired) electrons. The number of hydrogen-bond acceptors (Lipinski definition) is 6. The van der Waals surface area contributed by atoms with Gasteiger partial charge in [-0.1, -0.05) is 55.5 Å². The minimum Gasteiger partial charge on any atom is -0.480 e. The predicted molar refractivity (Wildman–Crippen MR) is 119 cm³/mol. The lowest BCUT2D eigenvalue weighted by atomic mass is 9.98. The summed E-state index contributed by atoms with van der Waals surface area (Å²) in [5.41, 5.74) is 4.42. The van der Waals surface area contributed by atoms with Crippen molar-refractivity contribution >= 4 is 23.9 Å². The fourth-order valence-corrected chi connectivity index (χ4v) is 3.97. The number of rotatable bonds is 8. The smallest absolute Gasteiger partial charge is 0.414 e. The van der Waals surface area contributed by atoms with Crippen LogP contribution in [0, 0.1) is 0 Å². The summed E-state index contributed by atoms with van der Waals surface area (Å²) in [4.78, 5) is 40.9. The number of H-pyrrole nitrogens is 1. The number of hydrogen-bond donors (Lipinski definition) is 3. The van der Waals surface area contributed by atoms with Crippen LogP contribution >= 0.6 is 0 Å². The van der Waals surface area contributed by atoms with Gasteiger partial charge >= 0.3 is 12.1 Å². The summed E-state index contributed by atoms with van der Waals surface area (Å²) in [5, 5.41) is 17.6. The molecule has 0 aliphatic heterocycles. The average molecular weight is 449 g/mol. The first-order valence-corrected chi connectivity index (χ1v) is 10.5. The van der Waals surface area contributed by atoms with Gasteiger partial charge in [-0.05, 0) is 28.7 Å². The van der Waals surface area contributed by atoms with Crippen LogP contribution in [0.4, 0.5) is 10.7 Å². The molecule has 10 heteroatoms. The van der Waals surface area contributed by atoms with E-state index in [0.717, 1.165) is 27.2 Å². The van der Waals surface area contributed by atoms with E-state index in [1.165, 1.54) is 0 Å². The maximum atomic E-state index is 12.5. The van der Waals surface area contributed by atoms with Crippen LogP contribution in [0.2, 0.25) is 0 Å². The molecule has 1 heterocycles. The molecule has 170 valence electrons. The summed E-state index contributed by atoms with van der Waals surface area (Å²) in [6.07, 6.45) is -0.177. The number of nitrogens with zero attached hydrogens (tertiary/aromatic N) is 3. The zero-order valence-corrected chi connectivity index (χ0v) is 17.9. The van der Waals surface area contributed by atoms with E-state index >= 15 is 0 Å². The quantitative estimate of drug-likeness (QED) is 0.480. The Balaban J connectivity index is 1.39. The molecular formula is C23H23N5O5. The van der Waals surface area contributed by atoms with Gasteiger partial charge in [0.15, 0.2) is 0 Å². The first-order chi connectivity index (χ1) is 16.0. The Morgan fingerprint density at radius 2 is 1.73 bits per heavy atom. The van der Waals surface area contributed by atoms with Gasteiger partial charge in [0.05, 0.1) is 0 Å². The molecule has 2 aromatic carbocycles. The Kier molecular flexibility index (Phi) is 6.34. The van der Waals surface area contributed by atoms with Gasteiger partial charge in [0.1, 0.15) is 13.2 Å². The number of aromatic nitrogens is 3. The molecule has 0 fully saturated rings. The topological polar surface area (TPSA) is 138 Å². The third-order valence-electron chi connectivity index (χ3n) is 5.35. The normalized spacial score (nSPS) is 12.0. The molecule has 1 aliphatic carbocycles. The molecule has 10 nitrogen and oxygen atoms in total. The molecule has 0 spiro atoms. The maximum Gasteiger partial charge on any atom is 0.414 e. The van der Waals surface area contributed by atoms with Crippen molar-refractivity contribution in [3.05, 3.63) is 65.5 Å². The number of amides is 2. The monoisotopic (exact) mass is 449 g/mol. The fourth-order valence-electron chi connectivity index (χ4n) is 3.97. The van der Waals surface area contributed by atoms with Crippen molar-refractivity contribution in [2.45, 2.75) is 19.3 Å². The van der Waals surface area contributed by atoms with E-state index in [-0.39, 0.29) is 30.8 Å². The SMILES string of the molecule is CCCN(CC(=O)O)C(=O)c1nc(NC(=O)OCC2c3ccccc3-c3ccccc32)n[nH]1. The van der Waals surface area contributed by atoms with Gasteiger partial charge in [0.25, 0.3) is 11.9 Å². The first kappa shape index (κ1) is 22.0. The Hall–Kier alpha value is -4.21. The van der Waals surface area contributed by atoms with Crippen molar-refractivity contribution in [3.63, 3.8) is 0 Å². The molecule has 0 saturated heterocycles. The second kappa shape index (κ2) is 9.51. The lowest BCUT2D eigenvalue weighted by Crippen LogP contribution is -2.36. The predicted octanol–water partition coefficient (Wildman–Crippen LogP) is 3.10. The van der Waals surface area contributed by atoms with Crippen LogP contribution in [0.25, 0.3) is 11.1 Å². The maximum absolute atomic E-state index is 12.5. The van der Waals surface area contributed by atoms with Crippen molar-refractivity contribution in [3.8, 4) is 11.1 Å². The van der Waals surface area contributed by atoms with Crippen LogP contribution < -0.4 is 5.32 Å². The average Bonchev–Trinajstić information content (AvgIpc) is 3.39. The molecule has 1 aliphatic rings. The lowest BCUT2D eigenvalue weighted by molar-refractivity contribution is -0.137. The van der Waals surface area contributed by atoms with Crippen LogP contribution in [0.3, 0.4) is 0 Å². The fraction of sp³-hybridized carbons (Fsp3) is 0.261. The second-order valence-corrected chi connectivity index (χ2v) is 7.58. The first-order valence-electron chi connectivity index (χ1n) is 10.5. The van der Waals surface area contributed by atoms with Crippen molar-refractivity contribution in [2.24, 2.45) is 0 Å². The third kappa shape index (κ3) is 4.69. The minimum absolute atomic E-state index is 0.0916. The summed E-state index contributed by atoms with van der Waals surface area (Å²) >= 11 is 0. The van der Waals surface area contributed by atoms with Crippen molar-refractivity contribution in [2.75, 3.05) is 25.0 Å².